The lowest BCUT2D eigenvalue weighted by Crippen LogP contribution is -2.31. The number of hydrogen-bond acceptors (Lipinski definition) is 4. The molecule has 4 nitrogen and oxygen atoms in total. The fourth-order valence-electron chi connectivity index (χ4n) is 3.07. The third-order valence-corrected chi connectivity index (χ3v) is 6.68. The second-order valence-corrected chi connectivity index (χ2v) is 9.67. The Morgan fingerprint density at radius 2 is 1.71 bits per heavy atom. The number of carbonyl (C=O) groups is 1. The zero-order valence-electron chi connectivity index (χ0n) is 16.8. The Hall–Kier alpha value is -2.05. The predicted molar refractivity (Wildman–Crippen MR) is 122 cm³/mol. The van der Waals surface area contributed by atoms with Crippen LogP contribution in [0.15, 0.2) is 46.8 Å². The molecule has 0 saturated carbocycles. The van der Waals surface area contributed by atoms with Crippen LogP contribution in [0.1, 0.15) is 50.7 Å². The number of nitrogens with one attached hydrogen (secondary N) is 2. The molecule has 0 bridgehead atoms. The molecule has 0 atom stereocenters. The summed E-state index contributed by atoms with van der Waals surface area (Å²) in [7, 11) is 0. The van der Waals surface area contributed by atoms with Crippen LogP contribution in [0.25, 0.3) is 10.2 Å². The first kappa shape index (κ1) is 20.7. The topological polar surface area (TPSA) is 54.0 Å². The van der Waals surface area contributed by atoms with Gasteiger partial charge >= 0.3 is 6.03 Å². The number of nitrogens with zero attached hydrogens (tertiary/aromatic N) is 1. The normalized spacial score (nSPS) is 11.4. The van der Waals surface area contributed by atoms with Crippen molar-refractivity contribution in [1.82, 2.24) is 10.3 Å². The number of rotatable bonds is 7. The molecule has 0 saturated heterocycles. The fourth-order valence-corrected chi connectivity index (χ4v) is 5.06. The summed E-state index contributed by atoms with van der Waals surface area (Å²) in [5.41, 5.74) is 4.33. The number of hydrogen-bond donors (Lipinski definition) is 2. The van der Waals surface area contributed by atoms with Crippen molar-refractivity contribution in [3.05, 3.63) is 53.6 Å². The van der Waals surface area contributed by atoms with Gasteiger partial charge in [0.2, 0.25) is 0 Å². The number of fused-ring (bicyclic) bond motifs is 1. The summed E-state index contributed by atoms with van der Waals surface area (Å²) in [6, 6.07) is 14.2. The first-order valence-electron chi connectivity index (χ1n) is 9.61. The van der Waals surface area contributed by atoms with E-state index < -0.39 is 0 Å². The third-order valence-electron chi connectivity index (χ3n) is 4.50. The highest BCUT2D eigenvalue weighted by Gasteiger charge is 2.15. The lowest BCUT2D eigenvalue weighted by molar-refractivity contribution is 0.252. The van der Waals surface area contributed by atoms with E-state index in [9.17, 15) is 4.79 Å². The molecule has 1 aromatic heterocycles. The molecule has 3 aromatic rings. The average molecular weight is 414 g/mol. The minimum absolute atomic E-state index is 0.153. The fraction of sp³-hybridized carbons (Fsp3) is 0.364. The summed E-state index contributed by atoms with van der Waals surface area (Å²) >= 11 is 3.37. The molecule has 2 amide bonds. The standard InChI is InChI=1S/C22H27N3OS2/c1-14(2)16-8-7-9-17(15(3)4)20(16)25-21(26)23-12-13-27-22-24-18-10-5-6-11-19(18)28-22/h5-11,14-15H,12-13H2,1-4H3,(H2,23,25,26). The monoisotopic (exact) mass is 413 g/mol. The van der Waals surface area contributed by atoms with Crippen LogP contribution in [-0.4, -0.2) is 23.3 Å². The largest absolute Gasteiger partial charge is 0.337 e. The molecule has 0 spiro atoms. The summed E-state index contributed by atoms with van der Waals surface area (Å²) < 4.78 is 2.23. The summed E-state index contributed by atoms with van der Waals surface area (Å²) in [6.07, 6.45) is 0. The Bertz CT molecular complexity index is 891. The minimum Gasteiger partial charge on any atom is -0.337 e. The number of carbonyl (C=O) groups excluding carboxylic acids is 1. The minimum atomic E-state index is -0.153. The van der Waals surface area contributed by atoms with Crippen molar-refractivity contribution in [3.63, 3.8) is 0 Å². The van der Waals surface area contributed by atoms with E-state index >= 15 is 0 Å². The highest BCUT2D eigenvalue weighted by Crippen LogP contribution is 2.32. The highest BCUT2D eigenvalue weighted by molar-refractivity contribution is 8.01. The molecule has 0 radical (unpaired) electrons. The van der Waals surface area contributed by atoms with Gasteiger partial charge in [0.05, 0.1) is 10.2 Å². The Labute approximate surface area is 175 Å². The highest BCUT2D eigenvalue weighted by atomic mass is 32.2. The second-order valence-electron chi connectivity index (χ2n) is 7.30. The maximum atomic E-state index is 12.5. The van der Waals surface area contributed by atoms with Crippen molar-refractivity contribution < 1.29 is 4.79 Å². The van der Waals surface area contributed by atoms with Crippen molar-refractivity contribution in [2.75, 3.05) is 17.6 Å². The van der Waals surface area contributed by atoms with Crippen LogP contribution in [0.5, 0.6) is 0 Å². The van der Waals surface area contributed by atoms with Crippen LogP contribution in [0, 0.1) is 0 Å². The van der Waals surface area contributed by atoms with Gasteiger partial charge < -0.3 is 10.6 Å². The molecule has 0 aliphatic heterocycles. The van der Waals surface area contributed by atoms with Gasteiger partial charge in [-0.15, -0.1) is 11.3 Å². The average Bonchev–Trinajstić information content (AvgIpc) is 3.08. The molecule has 0 fully saturated rings. The summed E-state index contributed by atoms with van der Waals surface area (Å²) in [5.74, 6) is 1.49. The van der Waals surface area contributed by atoms with E-state index in [0.717, 1.165) is 21.3 Å². The molecule has 0 aliphatic carbocycles. The molecule has 0 aliphatic rings. The SMILES string of the molecule is CC(C)c1cccc(C(C)C)c1NC(=O)NCCSc1nc2ccccc2s1. The Morgan fingerprint density at radius 1 is 1.04 bits per heavy atom. The van der Waals surface area contributed by atoms with Crippen molar-refractivity contribution >= 4 is 45.0 Å². The first-order chi connectivity index (χ1) is 13.5. The van der Waals surface area contributed by atoms with Gasteiger partial charge in [-0.1, -0.05) is 69.8 Å². The van der Waals surface area contributed by atoms with E-state index in [1.807, 2.05) is 18.2 Å². The van der Waals surface area contributed by atoms with Crippen LogP contribution in [0.4, 0.5) is 10.5 Å². The molecular formula is C22H27N3OS2. The Balaban J connectivity index is 1.56. The summed E-state index contributed by atoms with van der Waals surface area (Å²) in [6.45, 7) is 9.19. The van der Waals surface area contributed by atoms with Gasteiger partial charge in [0, 0.05) is 18.0 Å². The lowest BCUT2D eigenvalue weighted by atomic mass is 9.93. The number of para-hydroxylation sites is 2. The van der Waals surface area contributed by atoms with Gasteiger partial charge in [0.15, 0.2) is 4.34 Å². The molecule has 1 heterocycles. The van der Waals surface area contributed by atoms with E-state index in [4.69, 9.17) is 0 Å². The predicted octanol–water partition coefficient (Wildman–Crippen LogP) is 6.46. The van der Waals surface area contributed by atoms with E-state index in [-0.39, 0.29) is 6.03 Å². The molecule has 2 aromatic carbocycles. The first-order valence-corrected chi connectivity index (χ1v) is 11.4. The second kappa shape index (κ2) is 9.43. The smallest absolute Gasteiger partial charge is 0.319 e. The van der Waals surface area contributed by atoms with E-state index in [0.29, 0.717) is 18.4 Å². The molecule has 6 heteroatoms. The van der Waals surface area contributed by atoms with Gasteiger partial charge in [-0.05, 0) is 35.1 Å². The van der Waals surface area contributed by atoms with Crippen LogP contribution in [-0.2, 0) is 0 Å². The number of urea groups is 1. The van der Waals surface area contributed by atoms with Crippen molar-refractivity contribution in [1.29, 1.82) is 0 Å². The zero-order valence-corrected chi connectivity index (χ0v) is 18.4. The van der Waals surface area contributed by atoms with Gasteiger partial charge in [-0.25, -0.2) is 9.78 Å². The van der Waals surface area contributed by atoms with E-state index in [1.54, 1.807) is 23.1 Å². The van der Waals surface area contributed by atoms with Gasteiger partial charge in [0.1, 0.15) is 0 Å². The molecule has 148 valence electrons. The van der Waals surface area contributed by atoms with Crippen molar-refractivity contribution in [3.8, 4) is 0 Å². The van der Waals surface area contributed by atoms with E-state index in [2.05, 4.69) is 67.6 Å². The summed E-state index contributed by atoms with van der Waals surface area (Å²) in [4.78, 5) is 17.1. The number of benzene rings is 2. The molecule has 28 heavy (non-hydrogen) atoms. The maximum absolute atomic E-state index is 12.5. The maximum Gasteiger partial charge on any atom is 0.319 e. The molecule has 0 unspecified atom stereocenters. The number of thiazole rings is 1. The van der Waals surface area contributed by atoms with Crippen LogP contribution in [0.3, 0.4) is 0 Å². The molecular weight excluding hydrogens is 386 g/mol. The van der Waals surface area contributed by atoms with Gasteiger partial charge in [0.25, 0.3) is 0 Å². The Morgan fingerprint density at radius 3 is 2.36 bits per heavy atom. The van der Waals surface area contributed by atoms with E-state index in [1.165, 1.54) is 15.8 Å². The number of thioether (sulfide) groups is 1. The van der Waals surface area contributed by atoms with Crippen LogP contribution < -0.4 is 10.6 Å². The molecule has 3 rings (SSSR count). The van der Waals surface area contributed by atoms with Gasteiger partial charge in [-0.3, -0.25) is 0 Å². The van der Waals surface area contributed by atoms with Crippen LogP contribution >= 0.6 is 23.1 Å². The number of anilines is 1. The van der Waals surface area contributed by atoms with Crippen molar-refractivity contribution in [2.24, 2.45) is 0 Å². The van der Waals surface area contributed by atoms with Crippen LogP contribution in [0.2, 0.25) is 0 Å². The third kappa shape index (κ3) is 5.06. The lowest BCUT2D eigenvalue weighted by Gasteiger charge is -2.20. The number of amides is 2. The molecule has 2 N–H and O–H groups in total. The van der Waals surface area contributed by atoms with Crippen molar-refractivity contribution in [2.45, 2.75) is 43.9 Å². The quantitative estimate of drug-likeness (QED) is 0.345. The number of aromatic nitrogens is 1. The Kier molecular flexibility index (Phi) is 6.97. The summed E-state index contributed by atoms with van der Waals surface area (Å²) in [5, 5.41) is 6.06. The van der Waals surface area contributed by atoms with Gasteiger partial charge in [-0.2, -0.15) is 0 Å². The zero-order chi connectivity index (χ0) is 20.1.